The van der Waals surface area contributed by atoms with Crippen LogP contribution >= 0.6 is 11.6 Å². The summed E-state index contributed by atoms with van der Waals surface area (Å²) < 4.78 is 6.50. The molecule has 1 heterocycles. The molecule has 0 aliphatic heterocycles. The fraction of sp³-hybridized carbons (Fsp3) is 0.0526. The molecule has 26 heavy (non-hydrogen) atoms. The number of nitrogens with zero attached hydrogens (tertiary/aromatic N) is 1. The van der Waals surface area contributed by atoms with Crippen LogP contribution in [0.5, 0.6) is 5.75 Å². The smallest absolute Gasteiger partial charge is 0.279 e. The maximum atomic E-state index is 12.8. The molecule has 1 N–H and O–H groups in total. The third-order valence-corrected chi connectivity index (χ3v) is 4.07. The van der Waals surface area contributed by atoms with Crippen molar-refractivity contribution < 1.29 is 14.6 Å². The lowest BCUT2D eigenvalue weighted by Gasteiger charge is -2.05. The van der Waals surface area contributed by atoms with Gasteiger partial charge in [0.05, 0.1) is 29.3 Å². The zero-order valence-electron chi connectivity index (χ0n) is 13.8. The van der Waals surface area contributed by atoms with E-state index in [1.54, 1.807) is 30.3 Å². The first-order chi connectivity index (χ1) is 12.4. The Kier molecular flexibility index (Phi) is 4.69. The second-order valence-electron chi connectivity index (χ2n) is 5.51. The topological polar surface area (TPSA) is 87.1 Å². The van der Waals surface area contributed by atoms with Gasteiger partial charge in [0.1, 0.15) is 5.75 Å². The highest BCUT2D eigenvalue weighted by Gasteiger charge is 2.08. The molecule has 3 aromatic rings. The number of benzene rings is 2. The number of aromatic nitrogens is 2. The molecule has 0 aliphatic rings. The molecule has 0 amide bonds. The summed E-state index contributed by atoms with van der Waals surface area (Å²) in [5.74, 6) is -0.767. The lowest BCUT2D eigenvalue weighted by Crippen LogP contribution is -2.34. The van der Waals surface area contributed by atoms with E-state index in [2.05, 4.69) is 11.7 Å². The van der Waals surface area contributed by atoms with Crippen molar-refractivity contribution in [1.29, 1.82) is 0 Å². The number of hydrogen-bond donors (Lipinski definition) is 1. The number of nitrogens with one attached hydrogen (secondary N) is 1. The number of carboxylic acids is 1. The summed E-state index contributed by atoms with van der Waals surface area (Å²) in [6.07, 6.45) is 1.62. The minimum absolute atomic E-state index is 0.0309. The number of hydrogen-bond acceptors (Lipinski definition) is 4. The Morgan fingerprint density at radius 2 is 2.08 bits per heavy atom. The lowest BCUT2D eigenvalue weighted by atomic mass is 10.1. The van der Waals surface area contributed by atoms with Crippen LogP contribution in [0.1, 0.15) is 15.9 Å². The Balaban J connectivity index is 2.21. The van der Waals surface area contributed by atoms with Crippen molar-refractivity contribution >= 4 is 30.2 Å². The van der Waals surface area contributed by atoms with Crippen LogP contribution in [0.3, 0.4) is 0 Å². The molecule has 7 heteroatoms. The van der Waals surface area contributed by atoms with Crippen LogP contribution in [0.25, 0.3) is 18.3 Å². The normalized spacial score (nSPS) is 11.5. The summed E-state index contributed by atoms with van der Waals surface area (Å²) in [7, 11) is 1.52. The number of methoxy groups -OCH3 is 1. The van der Waals surface area contributed by atoms with Crippen LogP contribution in [-0.2, 0) is 0 Å². The molecular formula is C19H14ClN2O4-. The average Bonchev–Trinajstić information content (AvgIpc) is 2.90. The third kappa shape index (κ3) is 3.27. The van der Waals surface area contributed by atoms with Gasteiger partial charge in [-0.25, -0.2) is 4.68 Å². The quantitative estimate of drug-likeness (QED) is 0.722. The maximum absolute atomic E-state index is 12.8. The Hall–Kier alpha value is -3.25. The minimum Gasteiger partial charge on any atom is -0.545 e. The van der Waals surface area contributed by atoms with E-state index < -0.39 is 5.97 Å². The number of carboxylic acid groups (broad SMARTS) is 1. The van der Waals surface area contributed by atoms with Gasteiger partial charge in [0.15, 0.2) is 0 Å². The number of H-pyrrole nitrogens is 1. The summed E-state index contributed by atoms with van der Waals surface area (Å²) in [5.41, 5.74) is 0.570. The highest BCUT2D eigenvalue weighted by atomic mass is 35.5. The number of rotatable bonds is 4. The van der Waals surface area contributed by atoms with Gasteiger partial charge in [-0.3, -0.25) is 9.89 Å². The van der Waals surface area contributed by atoms with E-state index in [1.165, 1.54) is 30.0 Å². The molecule has 1 aromatic heterocycles. The van der Waals surface area contributed by atoms with Gasteiger partial charge in [-0.15, -0.1) is 0 Å². The average molecular weight is 370 g/mol. The standard InChI is InChI=1S/C19H15ClN2O4/c1-11-16(10-13-8-14(20)6-7-17(13)26-2)18(23)22(21-11)15-5-3-4-12(9-15)19(24)25/h3-10,21H,1H2,2H3,(H,24,25)/p-1/b16-10+. The van der Waals surface area contributed by atoms with E-state index in [9.17, 15) is 14.7 Å². The summed E-state index contributed by atoms with van der Waals surface area (Å²) >= 11 is 6.02. The molecule has 3 rings (SSSR count). The van der Waals surface area contributed by atoms with Crippen LogP contribution < -0.4 is 26.0 Å². The van der Waals surface area contributed by atoms with E-state index in [0.29, 0.717) is 32.6 Å². The molecule has 0 saturated heterocycles. The molecule has 0 spiro atoms. The van der Waals surface area contributed by atoms with Crippen LogP contribution in [0.4, 0.5) is 0 Å². The highest BCUT2D eigenvalue weighted by molar-refractivity contribution is 6.30. The highest BCUT2D eigenvalue weighted by Crippen LogP contribution is 2.22. The Bertz CT molecular complexity index is 1160. The van der Waals surface area contributed by atoms with Crippen molar-refractivity contribution in [2.24, 2.45) is 0 Å². The first-order valence-corrected chi connectivity index (χ1v) is 7.95. The molecule has 0 bridgehead atoms. The molecule has 0 fully saturated rings. The van der Waals surface area contributed by atoms with Gasteiger partial charge in [0.25, 0.3) is 5.56 Å². The first-order valence-electron chi connectivity index (χ1n) is 7.57. The first kappa shape index (κ1) is 17.6. The minimum atomic E-state index is -1.32. The Morgan fingerprint density at radius 1 is 1.31 bits per heavy atom. The van der Waals surface area contributed by atoms with Crippen molar-refractivity contribution in [1.82, 2.24) is 9.78 Å². The van der Waals surface area contributed by atoms with Crippen LogP contribution in [0.15, 0.2) is 47.3 Å². The van der Waals surface area contributed by atoms with Crippen molar-refractivity contribution in [3.05, 3.63) is 79.5 Å². The lowest BCUT2D eigenvalue weighted by molar-refractivity contribution is -0.255. The van der Waals surface area contributed by atoms with Gasteiger partial charge in [-0.2, -0.15) is 0 Å². The molecule has 0 atom stereocenters. The number of carbonyl (C=O) groups is 1. The number of aromatic amines is 1. The predicted molar refractivity (Wildman–Crippen MR) is 97.1 cm³/mol. The monoisotopic (exact) mass is 369 g/mol. The van der Waals surface area contributed by atoms with Crippen molar-refractivity contribution in [3.8, 4) is 11.4 Å². The van der Waals surface area contributed by atoms with E-state index in [-0.39, 0.29) is 11.1 Å². The summed E-state index contributed by atoms with van der Waals surface area (Å²) in [6, 6.07) is 10.9. The summed E-state index contributed by atoms with van der Waals surface area (Å²) in [6.45, 7) is 3.85. The molecule has 0 radical (unpaired) electrons. The van der Waals surface area contributed by atoms with Gasteiger partial charge < -0.3 is 14.6 Å². The van der Waals surface area contributed by atoms with Crippen molar-refractivity contribution in [2.45, 2.75) is 0 Å². The summed E-state index contributed by atoms with van der Waals surface area (Å²) in [4.78, 5) is 23.8. The van der Waals surface area contributed by atoms with E-state index in [0.717, 1.165) is 0 Å². The number of aromatic carboxylic acids is 1. The third-order valence-electron chi connectivity index (χ3n) is 3.84. The van der Waals surface area contributed by atoms with Gasteiger partial charge in [0.2, 0.25) is 0 Å². The molecule has 132 valence electrons. The molecule has 0 aliphatic carbocycles. The molecule has 2 aromatic carbocycles. The molecule has 6 nitrogen and oxygen atoms in total. The SMILES string of the molecule is C=c1[nH]n(-c2cccc(C(=O)[O-])c2)c(=O)/c1=C/c1cc(Cl)ccc1OC. The van der Waals surface area contributed by atoms with Gasteiger partial charge in [0, 0.05) is 10.6 Å². The molecule has 0 unspecified atom stereocenters. The van der Waals surface area contributed by atoms with E-state index in [4.69, 9.17) is 16.3 Å². The second kappa shape index (κ2) is 6.93. The molecule has 0 saturated carbocycles. The largest absolute Gasteiger partial charge is 0.545 e. The maximum Gasteiger partial charge on any atom is 0.279 e. The van der Waals surface area contributed by atoms with Gasteiger partial charge in [-0.1, -0.05) is 30.3 Å². The fourth-order valence-corrected chi connectivity index (χ4v) is 2.75. The zero-order chi connectivity index (χ0) is 18.8. The van der Waals surface area contributed by atoms with Crippen molar-refractivity contribution in [3.63, 3.8) is 0 Å². The van der Waals surface area contributed by atoms with Crippen LogP contribution in [0, 0.1) is 0 Å². The van der Waals surface area contributed by atoms with Crippen LogP contribution in [0.2, 0.25) is 5.02 Å². The number of carbonyl (C=O) groups excluding carboxylic acids is 1. The Morgan fingerprint density at radius 3 is 2.77 bits per heavy atom. The second-order valence-corrected chi connectivity index (χ2v) is 5.95. The zero-order valence-corrected chi connectivity index (χ0v) is 14.5. The number of ether oxygens (including phenoxy) is 1. The summed E-state index contributed by atoms with van der Waals surface area (Å²) in [5, 5.41) is 15.1. The van der Waals surface area contributed by atoms with Crippen LogP contribution in [-0.4, -0.2) is 22.9 Å². The number of halogens is 1. The fourth-order valence-electron chi connectivity index (χ4n) is 2.57. The Labute approximate surface area is 153 Å². The molecular weight excluding hydrogens is 356 g/mol. The van der Waals surface area contributed by atoms with Crippen molar-refractivity contribution in [2.75, 3.05) is 7.11 Å². The van der Waals surface area contributed by atoms with E-state index >= 15 is 0 Å². The van der Waals surface area contributed by atoms with Gasteiger partial charge >= 0.3 is 0 Å². The van der Waals surface area contributed by atoms with Gasteiger partial charge in [-0.05, 0) is 42.0 Å². The predicted octanol–water partition coefficient (Wildman–Crippen LogP) is 0.430. The van der Waals surface area contributed by atoms with E-state index in [1.807, 2.05) is 0 Å².